The molecule has 3 aliphatic carbocycles. The van der Waals surface area contributed by atoms with Gasteiger partial charge in [0.25, 0.3) is 0 Å². The minimum atomic E-state index is -1.06. The molecule has 5 fully saturated rings. The smallest absolute Gasteiger partial charge is 0.338 e. The van der Waals surface area contributed by atoms with E-state index in [2.05, 4.69) is 11.8 Å². The molecule has 0 amide bonds. The van der Waals surface area contributed by atoms with Crippen LogP contribution < -0.4 is 0 Å². The number of aliphatic hydroxyl groups is 1. The highest BCUT2D eigenvalue weighted by atomic mass is 16.6. The number of hydrogen-bond acceptors (Lipinski definition) is 7. The predicted molar refractivity (Wildman–Crippen MR) is 135 cm³/mol. The second-order valence-electron chi connectivity index (χ2n) is 12.3. The zero-order valence-corrected chi connectivity index (χ0v) is 21.9. The average Bonchev–Trinajstić information content (AvgIpc) is 3.32. The van der Waals surface area contributed by atoms with Crippen LogP contribution in [-0.4, -0.2) is 71.6 Å². The van der Waals surface area contributed by atoms with E-state index in [1.54, 1.807) is 31.4 Å². The highest BCUT2D eigenvalue weighted by molar-refractivity contribution is 5.95. The number of hydrogen-bond donors (Lipinski definition) is 1. The van der Waals surface area contributed by atoms with E-state index in [0.29, 0.717) is 29.6 Å². The van der Waals surface area contributed by atoms with Crippen LogP contribution in [0.4, 0.5) is 0 Å². The van der Waals surface area contributed by atoms with Gasteiger partial charge in [0.05, 0.1) is 35.5 Å². The summed E-state index contributed by atoms with van der Waals surface area (Å²) in [5, 5.41) is 12.5. The van der Waals surface area contributed by atoms with Crippen LogP contribution in [0.1, 0.15) is 62.2 Å². The summed E-state index contributed by atoms with van der Waals surface area (Å²) in [7, 11) is 3.11. The number of carbonyl (C=O) groups is 2. The first-order valence-electron chi connectivity index (χ1n) is 14.0. The fraction of sp³-hybridized carbons (Fsp3) is 0.667. The maximum absolute atomic E-state index is 13.8. The van der Waals surface area contributed by atoms with Gasteiger partial charge in [0.15, 0.2) is 0 Å². The third-order valence-corrected chi connectivity index (χ3v) is 11.1. The summed E-state index contributed by atoms with van der Waals surface area (Å²) in [6.07, 6.45) is 5.60. The number of rotatable bonds is 4. The van der Waals surface area contributed by atoms with Crippen molar-refractivity contribution in [1.82, 2.24) is 4.90 Å². The third-order valence-electron chi connectivity index (χ3n) is 11.1. The normalized spacial score (nSPS) is 46.9. The Morgan fingerprint density at radius 1 is 1.03 bits per heavy atom. The molecule has 1 aromatic carbocycles. The van der Waals surface area contributed by atoms with E-state index in [1.165, 1.54) is 7.11 Å². The van der Waals surface area contributed by atoms with Crippen LogP contribution in [-0.2, 0) is 19.0 Å². The Morgan fingerprint density at radius 3 is 2.54 bits per heavy atom. The Balaban J connectivity index is 1.48. The first kappa shape index (κ1) is 23.9. The molecule has 0 aromatic heterocycles. The molecule has 3 aliphatic heterocycles. The SMILES string of the molecule is COC(=O)C1=C2[C@@]3([C@H]4C[C@H]5[C@@H](CC[C@H](C)N53)[C@]2(O)C4)[C@@H]2CCC[C@H](OC)[C@H]2[C@@H]1OC(=O)c1ccccc1. The maximum atomic E-state index is 13.8. The fourth-order valence-electron chi connectivity index (χ4n) is 10.2. The topological polar surface area (TPSA) is 85.3 Å². The van der Waals surface area contributed by atoms with Crippen LogP contribution in [0.2, 0.25) is 0 Å². The molecule has 7 rings (SSSR count). The molecule has 3 heterocycles. The van der Waals surface area contributed by atoms with Crippen molar-refractivity contribution in [2.75, 3.05) is 14.2 Å². The largest absolute Gasteiger partial charge is 0.466 e. The predicted octanol–water partition coefficient (Wildman–Crippen LogP) is 3.50. The minimum Gasteiger partial charge on any atom is -0.466 e. The zero-order chi connectivity index (χ0) is 25.7. The molecule has 1 aromatic rings. The first-order valence-corrected chi connectivity index (χ1v) is 14.0. The number of methoxy groups -OCH3 is 2. The summed E-state index contributed by atoms with van der Waals surface area (Å²) in [4.78, 5) is 29.9. The van der Waals surface area contributed by atoms with E-state index in [-0.39, 0.29) is 29.8 Å². The third kappa shape index (κ3) is 2.83. The Hall–Kier alpha value is -2.22. The van der Waals surface area contributed by atoms with Crippen LogP contribution in [0.3, 0.4) is 0 Å². The molecular formula is C30H37NO6. The van der Waals surface area contributed by atoms with Gasteiger partial charge in [0.1, 0.15) is 6.10 Å². The molecule has 0 radical (unpaired) electrons. The number of carbonyl (C=O) groups excluding carboxylic acids is 2. The van der Waals surface area contributed by atoms with E-state index in [4.69, 9.17) is 14.2 Å². The van der Waals surface area contributed by atoms with Gasteiger partial charge in [-0.3, -0.25) is 4.90 Å². The van der Waals surface area contributed by atoms with Crippen molar-refractivity contribution >= 4 is 11.9 Å². The Kier molecular flexibility index (Phi) is 5.25. The summed E-state index contributed by atoms with van der Waals surface area (Å²) < 4.78 is 17.8. The molecule has 5 bridgehead atoms. The average molecular weight is 508 g/mol. The van der Waals surface area contributed by atoms with Crippen LogP contribution >= 0.6 is 0 Å². The molecule has 1 unspecified atom stereocenters. The maximum Gasteiger partial charge on any atom is 0.338 e. The van der Waals surface area contributed by atoms with Gasteiger partial charge in [-0.15, -0.1) is 0 Å². The van der Waals surface area contributed by atoms with Crippen LogP contribution in [0, 0.1) is 23.7 Å². The van der Waals surface area contributed by atoms with Crippen LogP contribution in [0.5, 0.6) is 0 Å². The van der Waals surface area contributed by atoms with Gasteiger partial charge in [-0.1, -0.05) is 24.6 Å². The van der Waals surface area contributed by atoms with E-state index in [9.17, 15) is 14.7 Å². The van der Waals surface area contributed by atoms with Gasteiger partial charge in [-0.25, -0.2) is 9.59 Å². The lowest BCUT2D eigenvalue weighted by molar-refractivity contribution is -0.164. The van der Waals surface area contributed by atoms with E-state index in [1.807, 2.05) is 6.07 Å². The Morgan fingerprint density at radius 2 is 1.81 bits per heavy atom. The molecular weight excluding hydrogens is 470 g/mol. The Bertz CT molecular complexity index is 1170. The van der Waals surface area contributed by atoms with Crippen molar-refractivity contribution < 1.29 is 28.9 Å². The summed E-state index contributed by atoms with van der Waals surface area (Å²) in [5.41, 5.74) is 0.185. The fourth-order valence-corrected chi connectivity index (χ4v) is 10.2. The molecule has 2 saturated carbocycles. The molecule has 1 N–H and O–H groups in total. The summed E-state index contributed by atoms with van der Waals surface area (Å²) >= 11 is 0. The minimum absolute atomic E-state index is 0.0917. The number of fused-ring (bicyclic) bond motifs is 2. The zero-order valence-electron chi connectivity index (χ0n) is 21.9. The summed E-state index contributed by atoms with van der Waals surface area (Å²) in [6.45, 7) is 2.31. The second-order valence-corrected chi connectivity index (χ2v) is 12.3. The van der Waals surface area contributed by atoms with Gasteiger partial charge in [0, 0.05) is 31.0 Å². The molecule has 11 atom stereocenters. The highest BCUT2D eigenvalue weighted by Crippen LogP contribution is 2.75. The van der Waals surface area contributed by atoms with E-state index >= 15 is 0 Å². The van der Waals surface area contributed by atoms with Gasteiger partial charge >= 0.3 is 11.9 Å². The number of esters is 2. The van der Waals surface area contributed by atoms with Gasteiger partial charge in [-0.2, -0.15) is 0 Å². The molecule has 37 heavy (non-hydrogen) atoms. The monoisotopic (exact) mass is 507 g/mol. The lowest BCUT2D eigenvalue weighted by Crippen LogP contribution is -2.73. The van der Waals surface area contributed by atoms with E-state index in [0.717, 1.165) is 44.1 Å². The molecule has 1 spiro atoms. The van der Waals surface area contributed by atoms with Crippen molar-refractivity contribution in [3.8, 4) is 0 Å². The first-order chi connectivity index (χ1) is 17.9. The molecule has 7 heteroatoms. The van der Waals surface area contributed by atoms with Crippen LogP contribution in [0.25, 0.3) is 0 Å². The lowest BCUT2D eigenvalue weighted by Gasteiger charge is -2.65. The standard InChI is InChI=1S/C30H37NO6/c1-16-12-13-19-21-14-18-15-29(19,34)26-24(28(33)36-3)25(37-27(32)17-8-5-4-6-9-17)23-20(30(18,26)31(16)21)10-7-11-22(23)35-2/h4-6,8-9,16,18-23,25,34H,7,10-15H2,1-3H3/t16-,18-,19+,20+,21-,22-,23-,25-,29+,30+/m0/s1. The number of piperidine rings is 2. The van der Waals surface area contributed by atoms with E-state index < -0.39 is 29.2 Å². The highest BCUT2D eigenvalue weighted by Gasteiger charge is 2.81. The second kappa shape index (κ2) is 8.14. The number of benzene rings is 1. The molecule has 198 valence electrons. The van der Waals surface area contributed by atoms with Gasteiger partial charge < -0.3 is 19.3 Å². The van der Waals surface area contributed by atoms with Crippen molar-refractivity contribution in [2.24, 2.45) is 23.7 Å². The molecule has 3 saturated heterocycles. The quantitative estimate of drug-likeness (QED) is 0.625. The van der Waals surface area contributed by atoms with Crippen molar-refractivity contribution in [3.05, 3.63) is 47.0 Å². The van der Waals surface area contributed by atoms with Crippen molar-refractivity contribution in [1.29, 1.82) is 0 Å². The van der Waals surface area contributed by atoms with Crippen molar-refractivity contribution in [3.63, 3.8) is 0 Å². The van der Waals surface area contributed by atoms with Crippen LogP contribution in [0.15, 0.2) is 41.5 Å². The van der Waals surface area contributed by atoms with Gasteiger partial charge in [-0.05, 0) is 75.0 Å². The summed E-state index contributed by atoms with van der Waals surface area (Å²) in [5.74, 6) is -0.629. The van der Waals surface area contributed by atoms with Gasteiger partial charge in [0.2, 0.25) is 0 Å². The Labute approximate surface area is 218 Å². The summed E-state index contributed by atoms with van der Waals surface area (Å²) in [6, 6.07) is 9.64. The molecule has 7 nitrogen and oxygen atoms in total. The number of nitrogens with zero attached hydrogens (tertiary/aromatic N) is 1. The lowest BCUT2D eigenvalue weighted by atomic mass is 9.53. The van der Waals surface area contributed by atoms with Crippen molar-refractivity contribution in [2.45, 2.75) is 87.3 Å². The number of ether oxygens (including phenoxy) is 3. The molecule has 6 aliphatic rings.